The summed E-state index contributed by atoms with van der Waals surface area (Å²) in [6.07, 6.45) is 5.08. The van der Waals surface area contributed by atoms with Crippen LogP contribution in [0.2, 0.25) is 0 Å². The Hall–Kier alpha value is -1.26. The van der Waals surface area contributed by atoms with Crippen LogP contribution in [0.15, 0.2) is 0 Å². The van der Waals surface area contributed by atoms with Crippen molar-refractivity contribution in [2.75, 3.05) is 19.6 Å². The van der Waals surface area contributed by atoms with Gasteiger partial charge in [-0.25, -0.2) is 4.79 Å². The number of nitrogens with one attached hydrogen (secondary N) is 1. The van der Waals surface area contributed by atoms with Gasteiger partial charge < -0.3 is 15.3 Å². The van der Waals surface area contributed by atoms with Gasteiger partial charge in [-0.2, -0.15) is 0 Å². The summed E-state index contributed by atoms with van der Waals surface area (Å²) < 4.78 is 0. The molecule has 5 heteroatoms. The minimum atomic E-state index is -0.792. The first-order chi connectivity index (χ1) is 9.40. The number of carboxylic acid groups (broad SMARTS) is 1. The third-order valence-corrected chi connectivity index (χ3v) is 5.04. The standard InChI is InChI=1S/C15H26N2O3/c1-15(2)7-3-6-12(15)9-16-14(20)17-8-4-5-11(10-17)13(18)19/h11-12H,3-10H2,1-2H3,(H,16,20)(H,18,19). The number of carboxylic acids is 1. The molecule has 0 aromatic heterocycles. The molecule has 0 bridgehead atoms. The molecule has 114 valence electrons. The topological polar surface area (TPSA) is 69.6 Å². The van der Waals surface area contributed by atoms with E-state index in [4.69, 9.17) is 5.11 Å². The largest absolute Gasteiger partial charge is 0.481 e. The number of hydrogen-bond donors (Lipinski definition) is 2. The molecule has 5 nitrogen and oxygen atoms in total. The third kappa shape index (κ3) is 3.44. The van der Waals surface area contributed by atoms with Crippen LogP contribution in [0.3, 0.4) is 0 Å². The number of nitrogens with zero attached hydrogens (tertiary/aromatic N) is 1. The van der Waals surface area contributed by atoms with E-state index in [0.717, 1.165) is 6.42 Å². The number of hydrogen-bond acceptors (Lipinski definition) is 2. The van der Waals surface area contributed by atoms with Gasteiger partial charge in [0.15, 0.2) is 0 Å². The van der Waals surface area contributed by atoms with Crippen molar-refractivity contribution in [3.8, 4) is 0 Å². The fourth-order valence-corrected chi connectivity index (χ4v) is 3.46. The van der Waals surface area contributed by atoms with E-state index < -0.39 is 11.9 Å². The van der Waals surface area contributed by atoms with E-state index in [-0.39, 0.29) is 6.03 Å². The molecule has 1 saturated heterocycles. The van der Waals surface area contributed by atoms with Crippen molar-refractivity contribution in [1.82, 2.24) is 10.2 Å². The van der Waals surface area contributed by atoms with Crippen LogP contribution in [0.4, 0.5) is 4.79 Å². The maximum atomic E-state index is 12.2. The number of carbonyl (C=O) groups is 2. The summed E-state index contributed by atoms with van der Waals surface area (Å²) in [6, 6.07) is -0.0985. The molecular weight excluding hydrogens is 256 g/mol. The summed E-state index contributed by atoms with van der Waals surface area (Å²) in [5.41, 5.74) is 0.304. The second-order valence-electron chi connectivity index (χ2n) is 6.89. The second kappa shape index (κ2) is 6.02. The van der Waals surface area contributed by atoms with Crippen LogP contribution in [0, 0.1) is 17.3 Å². The molecule has 2 N–H and O–H groups in total. The Balaban J connectivity index is 1.81. The number of amides is 2. The van der Waals surface area contributed by atoms with E-state index in [9.17, 15) is 9.59 Å². The van der Waals surface area contributed by atoms with Gasteiger partial charge in [0.2, 0.25) is 0 Å². The Morgan fingerprint density at radius 2 is 2.05 bits per heavy atom. The van der Waals surface area contributed by atoms with E-state index in [1.807, 2.05) is 0 Å². The van der Waals surface area contributed by atoms with E-state index >= 15 is 0 Å². The first-order valence-electron chi connectivity index (χ1n) is 7.66. The lowest BCUT2D eigenvalue weighted by Gasteiger charge is -2.32. The molecule has 2 rings (SSSR count). The van der Waals surface area contributed by atoms with Crippen LogP contribution in [-0.2, 0) is 4.79 Å². The van der Waals surface area contributed by atoms with Crippen molar-refractivity contribution >= 4 is 12.0 Å². The molecule has 0 aromatic rings. The third-order valence-electron chi connectivity index (χ3n) is 5.04. The Morgan fingerprint density at radius 1 is 1.30 bits per heavy atom. The number of urea groups is 1. The van der Waals surface area contributed by atoms with Crippen molar-refractivity contribution in [2.24, 2.45) is 17.3 Å². The summed E-state index contributed by atoms with van der Waals surface area (Å²) in [6.45, 7) is 6.25. The molecule has 2 aliphatic rings. The molecule has 1 saturated carbocycles. The Labute approximate surface area is 120 Å². The van der Waals surface area contributed by atoms with Crippen LogP contribution in [0.25, 0.3) is 0 Å². The summed E-state index contributed by atoms with van der Waals surface area (Å²) >= 11 is 0. The highest BCUT2D eigenvalue weighted by Gasteiger charge is 2.35. The van der Waals surface area contributed by atoms with Crippen molar-refractivity contribution in [3.63, 3.8) is 0 Å². The van der Waals surface area contributed by atoms with Gasteiger partial charge in [-0.3, -0.25) is 4.79 Å². The first kappa shape index (κ1) is 15.1. The summed E-state index contributed by atoms with van der Waals surface area (Å²) in [5.74, 6) is -0.664. The van der Waals surface area contributed by atoms with Gasteiger partial charge in [0, 0.05) is 19.6 Å². The lowest BCUT2D eigenvalue weighted by molar-refractivity contribution is -0.143. The fraction of sp³-hybridized carbons (Fsp3) is 0.867. The summed E-state index contributed by atoms with van der Waals surface area (Å²) in [5, 5.41) is 12.1. The van der Waals surface area contributed by atoms with Gasteiger partial charge in [-0.05, 0) is 37.0 Å². The number of aliphatic carboxylic acids is 1. The average molecular weight is 282 g/mol. The Kier molecular flexibility index (Phi) is 4.55. The fourth-order valence-electron chi connectivity index (χ4n) is 3.46. The van der Waals surface area contributed by atoms with Crippen LogP contribution < -0.4 is 5.32 Å². The zero-order chi connectivity index (χ0) is 14.8. The molecule has 1 aliphatic heterocycles. The summed E-state index contributed by atoms with van der Waals surface area (Å²) in [7, 11) is 0. The minimum absolute atomic E-state index is 0.0985. The lowest BCUT2D eigenvalue weighted by Crippen LogP contribution is -2.48. The molecule has 2 amide bonds. The van der Waals surface area contributed by atoms with Gasteiger partial charge in [0.05, 0.1) is 5.92 Å². The van der Waals surface area contributed by atoms with Crippen molar-refractivity contribution < 1.29 is 14.7 Å². The highest BCUT2D eigenvalue weighted by atomic mass is 16.4. The highest BCUT2D eigenvalue weighted by molar-refractivity contribution is 5.76. The maximum Gasteiger partial charge on any atom is 0.317 e. The molecule has 2 unspecified atom stereocenters. The zero-order valence-electron chi connectivity index (χ0n) is 12.5. The predicted octanol–water partition coefficient (Wildman–Crippen LogP) is 2.32. The molecule has 0 spiro atoms. The van der Waals surface area contributed by atoms with Gasteiger partial charge in [0.25, 0.3) is 0 Å². The molecule has 0 aromatic carbocycles. The second-order valence-corrected chi connectivity index (χ2v) is 6.89. The highest BCUT2D eigenvalue weighted by Crippen LogP contribution is 2.42. The van der Waals surface area contributed by atoms with Crippen LogP contribution in [0.5, 0.6) is 0 Å². The SMILES string of the molecule is CC1(C)CCCC1CNC(=O)N1CCCC(C(=O)O)C1. The molecule has 1 aliphatic carbocycles. The van der Waals surface area contributed by atoms with E-state index in [2.05, 4.69) is 19.2 Å². The first-order valence-corrected chi connectivity index (χ1v) is 7.66. The zero-order valence-corrected chi connectivity index (χ0v) is 12.5. The van der Waals surface area contributed by atoms with Crippen molar-refractivity contribution in [1.29, 1.82) is 0 Å². The number of likely N-dealkylation sites (tertiary alicyclic amines) is 1. The smallest absolute Gasteiger partial charge is 0.317 e. The number of carbonyl (C=O) groups excluding carboxylic acids is 1. The average Bonchev–Trinajstić information content (AvgIpc) is 2.75. The van der Waals surface area contributed by atoms with Crippen molar-refractivity contribution in [2.45, 2.75) is 46.0 Å². The van der Waals surface area contributed by atoms with Gasteiger partial charge in [0.1, 0.15) is 0 Å². The van der Waals surface area contributed by atoms with Gasteiger partial charge >= 0.3 is 12.0 Å². The number of piperidine rings is 1. The lowest BCUT2D eigenvalue weighted by atomic mass is 9.82. The quantitative estimate of drug-likeness (QED) is 0.834. The summed E-state index contributed by atoms with van der Waals surface area (Å²) in [4.78, 5) is 24.8. The van der Waals surface area contributed by atoms with E-state index in [1.54, 1.807) is 4.90 Å². The normalized spacial score (nSPS) is 29.2. The molecule has 0 radical (unpaired) electrons. The van der Waals surface area contributed by atoms with Gasteiger partial charge in [-0.1, -0.05) is 20.3 Å². The van der Waals surface area contributed by atoms with E-state index in [0.29, 0.717) is 37.4 Å². The van der Waals surface area contributed by atoms with Crippen LogP contribution >= 0.6 is 0 Å². The minimum Gasteiger partial charge on any atom is -0.481 e. The maximum absolute atomic E-state index is 12.2. The molecule has 2 atom stereocenters. The monoisotopic (exact) mass is 282 g/mol. The molecular formula is C15H26N2O3. The van der Waals surface area contributed by atoms with Crippen molar-refractivity contribution in [3.05, 3.63) is 0 Å². The van der Waals surface area contributed by atoms with Crippen LogP contribution in [0.1, 0.15) is 46.0 Å². The van der Waals surface area contributed by atoms with Gasteiger partial charge in [-0.15, -0.1) is 0 Å². The van der Waals surface area contributed by atoms with Crippen LogP contribution in [-0.4, -0.2) is 41.6 Å². The van der Waals surface area contributed by atoms with E-state index in [1.165, 1.54) is 19.3 Å². The molecule has 2 fully saturated rings. The molecule has 1 heterocycles. The Bertz CT molecular complexity index is 381. The molecule has 20 heavy (non-hydrogen) atoms. The number of rotatable bonds is 3. The Morgan fingerprint density at radius 3 is 2.65 bits per heavy atom. The predicted molar refractivity (Wildman–Crippen MR) is 76.5 cm³/mol.